The summed E-state index contributed by atoms with van der Waals surface area (Å²) in [6.07, 6.45) is 6.24. The number of aliphatic hydroxyl groups excluding tert-OH is 1. The highest BCUT2D eigenvalue weighted by atomic mass is 32.2. The first-order chi connectivity index (χ1) is 9.72. The quantitative estimate of drug-likeness (QED) is 0.744. The molecule has 0 bridgehead atoms. The highest BCUT2D eigenvalue weighted by molar-refractivity contribution is 7.99. The molecule has 2 nitrogen and oxygen atoms in total. The summed E-state index contributed by atoms with van der Waals surface area (Å²) in [5, 5.41) is 20.5. The van der Waals surface area contributed by atoms with Gasteiger partial charge in [-0.1, -0.05) is 38.0 Å². The number of hydrogen-bond donors (Lipinski definition) is 2. The van der Waals surface area contributed by atoms with Crippen LogP contribution in [0.5, 0.6) is 5.75 Å². The molecule has 112 valence electrons. The Labute approximate surface area is 126 Å². The van der Waals surface area contributed by atoms with Gasteiger partial charge in [-0.2, -0.15) is 11.8 Å². The lowest BCUT2D eigenvalue weighted by Crippen LogP contribution is -2.14. The zero-order valence-corrected chi connectivity index (χ0v) is 13.2. The molecule has 2 rings (SSSR count). The molecular weight excluding hydrogens is 268 g/mol. The van der Waals surface area contributed by atoms with Crippen LogP contribution in [0.4, 0.5) is 0 Å². The van der Waals surface area contributed by atoms with Crippen LogP contribution in [0.2, 0.25) is 0 Å². The summed E-state index contributed by atoms with van der Waals surface area (Å²) in [5.74, 6) is 2.78. The molecule has 3 heteroatoms. The van der Waals surface area contributed by atoms with Crippen molar-refractivity contribution < 1.29 is 10.2 Å². The molecule has 1 atom stereocenters. The molecule has 0 radical (unpaired) electrons. The summed E-state index contributed by atoms with van der Waals surface area (Å²) in [6.45, 7) is 2.15. The molecule has 0 heterocycles. The van der Waals surface area contributed by atoms with Crippen LogP contribution >= 0.6 is 11.8 Å². The highest BCUT2D eigenvalue weighted by Gasteiger charge is 2.21. The minimum atomic E-state index is -0.365. The van der Waals surface area contributed by atoms with Gasteiger partial charge in [0, 0.05) is 12.2 Å². The van der Waals surface area contributed by atoms with E-state index < -0.39 is 0 Å². The lowest BCUT2D eigenvalue weighted by Gasteiger charge is -2.16. The number of hydrogen-bond acceptors (Lipinski definition) is 3. The Morgan fingerprint density at radius 2 is 2.05 bits per heavy atom. The normalized spacial score (nSPS) is 17.5. The van der Waals surface area contributed by atoms with Crippen molar-refractivity contribution in [3.8, 4) is 5.75 Å². The van der Waals surface area contributed by atoms with Crippen LogP contribution in [-0.2, 0) is 6.42 Å². The second-order valence-electron chi connectivity index (χ2n) is 5.77. The molecule has 0 aliphatic heterocycles. The molecule has 1 saturated carbocycles. The average molecular weight is 294 g/mol. The van der Waals surface area contributed by atoms with Crippen molar-refractivity contribution in [1.82, 2.24) is 0 Å². The minimum Gasteiger partial charge on any atom is -0.507 e. The van der Waals surface area contributed by atoms with Gasteiger partial charge in [-0.3, -0.25) is 0 Å². The van der Waals surface area contributed by atoms with E-state index in [1.807, 2.05) is 18.2 Å². The number of aliphatic hydroxyl groups is 1. The predicted octanol–water partition coefficient (Wildman–Crippen LogP) is 4.10. The fourth-order valence-electron chi connectivity index (χ4n) is 3.02. The third kappa shape index (κ3) is 4.16. The maximum absolute atomic E-state index is 10.5. The SMILES string of the molecule is CCCSCC(O)Cc1cccc(C2CCCC2)c1O. The summed E-state index contributed by atoms with van der Waals surface area (Å²) >= 11 is 1.78. The summed E-state index contributed by atoms with van der Waals surface area (Å²) < 4.78 is 0. The summed E-state index contributed by atoms with van der Waals surface area (Å²) in [6, 6.07) is 6.02. The monoisotopic (exact) mass is 294 g/mol. The zero-order valence-electron chi connectivity index (χ0n) is 12.3. The molecule has 0 amide bonds. The van der Waals surface area contributed by atoms with E-state index in [1.165, 1.54) is 25.7 Å². The topological polar surface area (TPSA) is 40.5 Å². The molecule has 0 saturated heterocycles. The van der Waals surface area contributed by atoms with Crippen molar-refractivity contribution in [2.24, 2.45) is 0 Å². The Bertz CT molecular complexity index is 413. The molecule has 1 aliphatic carbocycles. The maximum Gasteiger partial charge on any atom is 0.122 e. The van der Waals surface area contributed by atoms with Crippen molar-refractivity contribution in [1.29, 1.82) is 0 Å². The largest absolute Gasteiger partial charge is 0.507 e. The second-order valence-corrected chi connectivity index (χ2v) is 6.92. The molecule has 2 N–H and O–H groups in total. The van der Waals surface area contributed by atoms with Crippen LogP contribution in [0.15, 0.2) is 18.2 Å². The molecular formula is C17H26O2S. The third-order valence-corrected chi connectivity index (χ3v) is 5.38. The number of aromatic hydroxyl groups is 1. The van der Waals surface area contributed by atoms with E-state index in [9.17, 15) is 10.2 Å². The Morgan fingerprint density at radius 1 is 1.30 bits per heavy atom. The van der Waals surface area contributed by atoms with E-state index in [0.29, 0.717) is 18.1 Å². The molecule has 1 aromatic carbocycles. The number of para-hydroxylation sites is 1. The van der Waals surface area contributed by atoms with Gasteiger partial charge in [-0.15, -0.1) is 0 Å². The van der Waals surface area contributed by atoms with Crippen molar-refractivity contribution in [3.05, 3.63) is 29.3 Å². The van der Waals surface area contributed by atoms with Gasteiger partial charge in [-0.05, 0) is 42.1 Å². The summed E-state index contributed by atoms with van der Waals surface area (Å²) in [4.78, 5) is 0. The van der Waals surface area contributed by atoms with Gasteiger partial charge in [-0.25, -0.2) is 0 Å². The number of benzene rings is 1. The van der Waals surface area contributed by atoms with E-state index in [-0.39, 0.29) is 6.10 Å². The third-order valence-electron chi connectivity index (χ3n) is 4.06. The van der Waals surface area contributed by atoms with E-state index >= 15 is 0 Å². The van der Waals surface area contributed by atoms with Gasteiger partial charge < -0.3 is 10.2 Å². The van der Waals surface area contributed by atoms with Gasteiger partial charge in [0.05, 0.1) is 6.10 Å². The van der Waals surface area contributed by atoms with Crippen LogP contribution < -0.4 is 0 Å². The Morgan fingerprint density at radius 3 is 2.75 bits per heavy atom. The fraction of sp³-hybridized carbons (Fsp3) is 0.647. The lowest BCUT2D eigenvalue weighted by atomic mass is 9.93. The second kappa shape index (κ2) is 7.94. The molecule has 1 unspecified atom stereocenters. The molecule has 1 aromatic rings. The van der Waals surface area contributed by atoms with Crippen LogP contribution in [0.25, 0.3) is 0 Å². The van der Waals surface area contributed by atoms with Gasteiger partial charge in [0.25, 0.3) is 0 Å². The van der Waals surface area contributed by atoms with E-state index in [1.54, 1.807) is 11.8 Å². The molecule has 20 heavy (non-hydrogen) atoms. The van der Waals surface area contributed by atoms with Crippen LogP contribution in [0.1, 0.15) is 56.1 Å². The van der Waals surface area contributed by atoms with E-state index in [2.05, 4.69) is 6.92 Å². The number of phenols is 1. The number of thioether (sulfide) groups is 1. The standard InChI is InChI=1S/C17H26O2S/c1-2-10-20-12-15(18)11-14-8-5-9-16(17(14)19)13-6-3-4-7-13/h5,8-9,13,15,18-19H,2-4,6-7,10-12H2,1H3. The predicted molar refractivity (Wildman–Crippen MR) is 86.6 cm³/mol. The van der Waals surface area contributed by atoms with Gasteiger partial charge in [0.2, 0.25) is 0 Å². The summed E-state index contributed by atoms with van der Waals surface area (Å²) in [5.41, 5.74) is 1.99. The molecule has 1 fully saturated rings. The van der Waals surface area contributed by atoms with Gasteiger partial charge >= 0.3 is 0 Å². The first-order valence-electron chi connectivity index (χ1n) is 7.79. The Hall–Kier alpha value is -0.670. The van der Waals surface area contributed by atoms with Crippen molar-refractivity contribution in [2.75, 3.05) is 11.5 Å². The van der Waals surface area contributed by atoms with E-state index in [0.717, 1.165) is 29.1 Å². The van der Waals surface area contributed by atoms with Crippen molar-refractivity contribution in [3.63, 3.8) is 0 Å². The average Bonchev–Trinajstić information content (AvgIpc) is 2.95. The first-order valence-corrected chi connectivity index (χ1v) is 8.94. The number of rotatable bonds is 7. The number of phenolic OH excluding ortho intramolecular Hbond substituents is 1. The summed E-state index contributed by atoms with van der Waals surface area (Å²) in [7, 11) is 0. The molecule has 1 aliphatic rings. The smallest absolute Gasteiger partial charge is 0.122 e. The highest BCUT2D eigenvalue weighted by Crippen LogP contribution is 2.39. The molecule has 0 spiro atoms. The molecule has 0 aromatic heterocycles. The van der Waals surface area contributed by atoms with Crippen LogP contribution in [0, 0.1) is 0 Å². The first kappa shape index (κ1) is 15.7. The maximum atomic E-state index is 10.5. The van der Waals surface area contributed by atoms with Crippen LogP contribution in [-0.4, -0.2) is 27.8 Å². The van der Waals surface area contributed by atoms with Gasteiger partial charge in [0.1, 0.15) is 5.75 Å². The van der Waals surface area contributed by atoms with E-state index in [4.69, 9.17) is 0 Å². The zero-order chi connectivity index (χ0) is 14.4. The van der Waals surface area contributed by atoms with Gasteiger partial charge in [0.15, 0.2) is 0 Å². The Kier molecular flexibility index (Phi) is 6.24. The minimum absolute atomic E-state index is 0.365. The Balaban J connectivity index is 1.99. The fourth-order valence-corrected chi connectivity index (χ4v) is 3.86. The van der Waals surface area contributed by atoms with Crippen molar-refractivity contribution >= 4 is 11.8 Å². The van der Waals surface area contributed by atoms with Crippen LogP contribution in [0.3, 0.4) is 0 Å². The van der Waals surface area contributed by atoms with Crippen molar-refractivity contribution in [2.45, 2.75) is 57.5 Å². The lowest BCUT2D eigenvalue weighted by molar-refractivity contribution is 0.199.